The maximum absolute atomic E-state index is 13.7. The first-order valence-electron chi connectivity index (χ1n) is 10.7. The van der Waals surface area contributed by atoms with Gasteiger partial charge in [0.25, 0.3) is 0 Å². The number of hydrogen-bond acceptors (Lipinski definition) is 5. The van der Waals surface area contributed by atoms with Gasteiger partial charge in [0.2, 0.25) is 0 Å². The molecule has 164 valence electrons. The number of fused-ring (bicyclic) bond motifs is 2. The number of nitrogens with one attached hydrogen (secondary N) is 1. The minimum absolute atomic E-state index is 0.0339. The second-order valence-corrected chi connectivity index (χ2v) is 9.39. The van der Waals surface area contributed by atoms with Crippen molar-refractivity contribution in [3.63, 3.8) is 0 Å². The highest BCUT2D eigenvalue weighted by molar-refractivity contribution is 7.15. The summed E-state index contributed by atoms with van der Waals surface area (Å²) in [6.07, 6.45) is 3.85. The molecule has 0 bridgehead atoms. The zero-order valence-electron chi connectivity index (χ0n) is 17.2. The van der Waals surface area contributed by atoms with Gasteiger partial charge in [0.1, 0.15) is 5.65 Å². The van der Waals surface area contributed by atoms with Gasteiger partial charge in [0, 0.05) is 50.8 Å². The van der Waals surface area contributed by atoms with E-state index in [2.05, 4.69) is 37.8 Å². The molecule has 0 aliphatic carbocycles. The molecule has 0 saturated carbocycles. The fourth-order valence-electron chi connectivity index (χ4n) is 4.50. The molecule has 1 saturated heterocycles. The number of aromatic amines is 1. The van der Waals surface area contributed by atoms with Gasteiger partial charge in [0.05, 0.1) is 0 Å². The van der Waals surface area contributed by atoms with Crippen molar-refractivity contribution in [3.8, 4) is 33.1 Å². The second kappa shape index (κ2) is 7.56. The van der Waals surface area contributed by atoms with Gasteiger partial charge in [-0.2, -0.15) is 0 Å². The van der Waals surface area contributed by atoms with Gasteiger partial charge in [-0.05, 0) is 50.2 Å². The Labute approximate surface area is 187 Å². The second-order valence-electron chi connectivity index (χ2n) is 8.23. The van der Waals surface area contributed by atoms with Gasteiger partial charge >= 0.3 is 6.29 Å². The van der Waals surface area contributed by atoms with Crippen LogP contribution in [0.15, 0.2) is 48.8 Å². The average molecular weight is 454 g/mol. The first-order chi connectivity index (χ1) is 15.6. The molecule has 0 unspecified atom stereocenters. The Morgan fingerprint density at radius 1 is 1.06 bits per heavy atom. The first kappa shape index (κ1) is 19.7. The molecule has 2 aliphatic rings. The smallest absolute Gasteiger partial charge is 0.395 e. The van der Waals surface area contributed by atoms with Crippen molar-refractivity contribution in [2.24, 2.45) is 0 Å². The van der Waals surface area contributed by atoms with Crippen LogP contribution in [0.3, 0.4) is 0 Å². The van der Waals surface area contributed by atoms with Crippen LogP contribution in [0, 0.1) is 0 Å². The number of para-hydroxylation sites is 1. The Balaban J connectivity index is 1.34. The molecule has 6 rings (SSSR count). The lowest BCUT2D eigenvalue weighted by Crippen LogP contribution is -2.28. The van der Waals surface area contributed by atoms with Crippen molar-refractivity contribution in [3.05, 3.63) is 53.7 Å². The Morgan fingerprint density at radius 2 is 1.94 bits per heavy atom. The molecule has 1 fully saturated rings. The number of H-pyrrole nitrogens is 1. The molecule has 0 amide bonds. The van der Waals surface area contributed by atoms with Gasteiger partial charge < -0.3 is 14.5 Å². The molecule has 4 aromatic rings. The number of hydrogen-bond donors (Lipinski definition) is 1. The quantitative estimate of drug-likeness (QED) is 0.396. The van der Waals surface area contributed by atoms with Crippen molar-refractivity contribution in [2.45, 2.75) is 32.1 Å². The van der Waals surface area contributed by atoms with Crippen molar-refractivity contribution < 1.29 is 18.3 Å². The van der Waals surface area contributed by atoms with Crippen LogP contribution in [-0.4, -0.2) is 34.3 Å². The molecule has 5 nitrogen and oxygen atoms in total. The molecule has 0 spiro atoms. The number of piperidine rings is 1. The first-order valence-corrected chi connectivity index (χ1v) is 11.6. The number of likely N-dealkylation sites (tertiary alicyclic amines) is 1. The summed E-state index contributed by atoms with van der Waals surface area (Å²) in [5.74, 6) is 0.0790. The molecule has 3 aromatic heterocycles. The van der Waals surface area contributed by atoms with Crippen molar-refractivity contribution >= 4 is 22.4 Å². The molecular weight excluding hydrogens is 432 g/mol. The summed E-state index contributed by atoms with van der Waals surface area (Å²) in [5, 5.41) is 0.848. The zero-order chi connectivity index (χ0) is 21.7. The van der Waals surface area contributed by atoms with Crippen molar-refractivity contribution in [1.82, 2.24) is 14.9 Å². The molecule has 0 radical (unpaired) electrons. The third kappa shape index (κ3) is 3.53. The topological polar surface area (TPSA) is 50.4 Å². The molecule has 8 heteroatoms. The van der Waals surface area contributed by atoms with Crippen molar-refractivity contribution in [2.75, 3.05) is 13.1 Å². The van der Waals surface area contributed by atoms with Crippen LogP contribution in [0.5, 0.6) is 11.5 Å². The maximum Gasteiger partial charge on any atom is 0.586 e. The van der Waals surface area contributed by atoms with Crippen LogP contribution in [0.1, 0.15) is 24.1 Å². The summed E-state index contributed by atoms with van der Waals surface area (Å²) < 4.78 is 36.7. The number of benzene rings is 1. The monoisotopic (exact) mass is 453 g/mol. The van der Waals surface area contributed by atoms with E-state index >= 15 is 0 Å². The van der Waals surface area contributed by atoms with E-state index in [1.54, 1.807) is 29.7 Å². The predicted molar refractivity (Wildman–Crippen MR) is 120 cm³/mol. The van der Waals surface area contributed by atoms with Gasteiger partial charge in [-0.3, -0.25) is 4.90 Å². The number of rotatable bonds is 4. The highest BCUT2D eigenvalue weighted by Crippen LogP contribution is 2.48. The molecular formula is C24H21F2N3O2S. The zero-order valence-corrected chi connectivity index (χ0v) is 18.1. The summed E-state index contributed by atoms with van der Waals surface area (Å²) in [6, 6.07) is 11.3. The standard InChI is InChI=1S/C24H21F2N3O2S/c25-24(26)30-20-6-4-5-17(22(20)31-24)19-13-28-23-18(19)11-15(12-27-23)21-8-7-16(32-21)14-29-9-2-1-3-10-29/h4-8,11-13H,1-3,9-10,14H2,(H,27,28). The minimum atomic E-state index is -3.66. The maximum atomic E-state index is 13.7. The molecule has 0 atom stereocenters. The third-order valence-electron chi connectivity index (χ3n) is 6.02. The summed E-state index contributed by atoms with van der Waals surface area (Å²) in [6.45, 7) is 3.32. The largest absolute Gasteiger partial charge is 0.586 e. The number of pyridine rings is 1. The summed E-state index contributed by atoms with van der Waals surface area (Å²) in [5.41, 5.74) is 2.99. The van der Waals surface area contributed by atoms with Crippen LogP contribution in [-0.2, 0) is 6.54 Å². The van der Waals surface area contributed by atoms with Crippen LogP contribution in [0.2, 0.25) is 0 Å². The number of alkyl halides is 2. The number of aromatic nitrogens is 2. The average Bonchev–Trinajstić information content (AvgIpc) is 3.49. The van der Waals surface area contributed by atoms with E-state index in [1.807, 2.05) is 6.20 Å². The van der Waals surface area contributed by atoms with E-state index in [-0.39, 0.29) is 11.5 Å². The van der Waals surface area contributed by atoms with Gasteiger partial charge in [-0.25, -0.2) is 4.98 Å². The third-order valence-corrected chi connectivity index (χ3v) is 7.14. The van der Waals surface area contributed by atoms with Crippen molar-refractivity contribution in [1.29, 1.82) is 0 Å². The number of halogens is 2. The lowest BCUT2D eigenvalue weighted by molar-refractivity contribution is -0.286. The normalized spacial score (nSPS) is 17.8. The van der Waals surface area contributed by atoms with Crippen LogP contribution in [0.25, 0.3) is 32.6 Å². The molecule has 2 aliphatic heterocycles. The Bertz CT molecular complexity index is 1290. The summed E-state index contributed by atoms with van der Waals surface area (Å²) in [7, 11) is 0. The molecule has 5 heterocycles. The highest BCUT2D eigenvalue weighted by atomic mass is 32.1. The fraction of sp³-hybridized carbons (Fsp3) is 0.292. The van der Waals surface area contributed by atoms with E-state index < -0.39 is 6.29 Å². The summed E-state index contributed by atoms with van der Waals surface area (Å²) in [4.78, 5) is 12.7. The minimum Gasteiger partial charge on any atom is -0.395 e. The summed E-state index contributed by atoms with van der Waals surface area (Å²) >= 11 is 1.78. The molecule has 32 heavy (non-hydrogen) atoms. The number of nitrogens with zero attached hydrogens (tertiary/aromatic N) is 2. The van der Waals surface area contributed by atoms with Gasteiger partial charge in [-0.1, -0.05) is 18.6 Å². The van der Waals surface area contributed by atoms with E-state index in [1.165, 1.54) is 43.3 Å². The van der Waals surface area contributed by atoms with E-state index in [4.69, 9.17) is 4.74 Å². The van der Waals surface area contributed by atoms with E-state index in [0.29, 0.717) is 11.2 Å². The fourth-order valence-corrected chi connectivity index (χ4v) is 5.53. The predicted octanol–water partition coefficient (Wildman–Crippen LogP) is 6.27. The highest BCUT2D eigenvalue weighted by Gasteiger charge is 2.44. The number of ether oxygens (including phenoxy) is 2. The van der Waals surface area contributed by atoms with E-state index in [9.17, 15) is 8.78 Å². The Hall–Kier alpha value is -2.97. The lowest BCUT2D eigenvalue weighted by Gasteiger charge is -2.25. The Morgan fingerprint density at radius 3 is 2.81 bits per heavy atom. The molecule has 1 aromatic carbocycles. The number of thiophene rings is 1. The van der Waals surface area contributed by atoms with Crippen LogP contribution >= 0.6 is 11.3 Å². The SMILES string of the molecule is FC1(F)Oc2cccc(-c3c[nH]c4ncc(-c5ccc(CN6CCCCC6)s5)cc34)c2O1. The van der Waals surface area contributed by atoms with Crippen LogP contribution in [0.4, 0.5) is 8.78 Å². The van der Waals surface area contributed by atoms with Gasteiger partial charge in [-0.15, -0.1) is 20.1 Å². The van der Waals surface area contributed by atoms with Gasteiger partial charge in [0.15, 0.2) is 11.5 Å². The molecule has 1 N–H and O–H groups in total. The van der Waals surface area contributed by atoms with E-state index in [0.717, 1.165) is 27.9 Å². The van der Waals surface area contributed by atoms with Crippen LogP contribution < -0.4 is 9.47 Å². The lowest BCUT2D eigenvalue weighted by atomic mass is 10.0. The Kier molecular flexibility index (Phi) is 4.66.